The molecule has 4 rings (SSSR count). The van der Waals surface area contributed by atoms with Gasteiger partial charge in [0.2, 0.25) is 5.91 Å². The highest BCUT2D eigenvalue weighted by molar-refractivity contribution is 6.06. The lowest BCUT2D eigenvalue weighted by Crippen LogP contribution is -2.38. The number of carbonyl (C=O) groups excluding carboxylic acids is 4. The minimum absolute atomic E-state index is 0.0621. The van der Waals surface area contributed by atoms with Gasteiger partial charge in [-0.25, -0.2) is 4.79 Å². The number of anilines is 1. The van der Waals surface area contributed by atoms with Crippen LogP contribution in [0.3, 0.4) is 0 Å². The van der Waals surface area contributed by atoms with E-state index in [9.17, 15) is 19.2 Å². The zero-order chi connectivity index (χ0) is 32.0. The van der Waals surface area contributed by atoms with E-state index in [0.717, 1.165) is 22.3 Å². The first kappa shape index (κ1) is 32.6. The van der Waals surface area contributed by atoms with E-state index in [1.165, 1.54) is 4.90 Å². The smallest absolute Gasteiger partial charge is 0.407 e. The molecule has 2 aromatic heterocycles. The number of imide groups is 1. The summed E-state index contributed by atoms with van der Waals surface area (Å²) in [6, 6.07) is 22.5. The number of hydrogen-bond acceptors (Lipinski definition) is 8. The van der Waals surface area contributed by atoms with Crippen LogP contribution in [0.1, 0.15) is 70.8 Å². The Balaban J connectivity index is 1.34. The Hall–Kier alpha value is -5.32. The van der Waals surface area contributed by atoms with Crippen molar-refractivity contribution < 1.29 is 28.3 Å². The lowest BCUT2D eigenvalue weighted by atomic mass is 9.97. The second kappa shape index (κ2) is 16.5. The number of hydrogen-bond donors (Lipinski definition) is 1. The Morgan fingerprint density at radius 2 is 1.60 bits per heavy atom. The monoisotopic (exact) mass is 611 g/mol. The van der Waals surface area contributed by atoms with Gasteiger partial charge in [0.25, 0.3) is 11.8 Å². The Morgan fingerprint density at radius 3 is 2.31 bits per heavy atom. The normalized spacial score (nSPS) is 11.3. The number of rotatable bonds is 14. The lowest BCUT2D eigenvalue weighted by molar-refractivity contribution is -0.128. The zero-order valence-corrected chi connectivity index (χ0v) is 25.4. The maximum absolute atomic E-state index is 13.5. The summed E-state index contributed by atoms with van der Waals surface area (Å²) in [6.45, 7) is 2.65. The summed E-state index contributed by atoms with van der Waals surface area (Å²) in [5.74, 6) is -1.85. The molecule has 0 spiro atoms. The summed E-state index contributed by atoms with van der Waals surface area (Å²) in [5.41, 5.74) is 2.50. The molecule has 1 unspecified atom stereocenters. The first-order valence-corrected chi connectivity index (χ1v) is 14.8. The van der Waals surface area contributed by atoms with Crippen LogP contribution in [0.4, 0.5) is 10.5 Å². The maximum atomic E-state index is 13.5. The van der Waals surface area contributed by atoms with Gasteiger partial charge in [0.15, 0.2) is 5.69 Å². The molecule has 0 saturated heterocycles. The summed E-state index contributed by atoms with van der Waals surface area (Å²) in [4.78, 5) is 62.4. The van der Waals surface area contributed by atoms with Crippen molar-refractivity contribution in [3.63, 3.8) is 0 Å². The van der Waals surface area contributed by atoms with Crippen molar-refractivity contribution in [2.45, 2.75) is 45.1 Å². The molecule has 45 heavy (non-hydrogen) atoms. The Bertz CT molecular complexity index is 1550. The molecular weight excluding hydrogens is 574 g/mol. The molecule has 2 heterocycles. The van der Waals surface area contributed by atoms with Gasteiger partial charge in [0, 0.05) is 44.6 Å². The van der Waals surface area contributed by atoms with Crippen LogP contribution in [-0.4, -0.2) is 58.8 Å². The van der Waals surface area contributed by atoms with Crippen LogP contribution in [0.5, 0.6) is 0 Å². The molecule has 1 N–H and O–H groups in total. The number of alkyl carbamates (subject to hydrolysis) is 1. The van der Waals surface area contributed by atoms with E-state index in [0.29, 0.717) is 31.5 Å². The second-order valence-electron chi connectivity index (χ2n) is 10.5. The average Bonchev–Trinajstić information content (AvgIpc) is 3.58. The van der Waals surface area contributed by atoms with Crippen LogP contribution in [0.2, 0.25) is 0 Å². The molecule has 0 saturated carbocycles. The minimum atomic E-state index is -0.714. The largest absolute Gasteiger partial charge is 0.445 e. The molecule has 0 bridgehead atoms. The highest BCUT2D eigenvalue weighted by Gasteiger charge is 2.29. The molecule has 4 amide bonds. The van der Waals surface area contributed by atoms with E-state index in [-0.39, 0.29) is 37.1 Å². The average molecular weight is 612 g/mol. The minimum Gasteiger partial charge on any atom is -0.445 e. The molecule has 2 aromatic carbocycles. The van der Waals surface area contributed by atoms with Crippen molar-refractivity contribution in [1.82, 2.24) is 20.2 Å². The molecular formula is C34H37N5O6. The quantitative estimate of drug-likeness (QED) is 0.182. The SMILES string of the molecule is CC(CCN(C(=O)CCCCNC(=O)OCc1ccccc1)C(=O)c1nc(C(=O)N(C)c2ccncc2)co1)c1ccccc1. The Morgan fingerprint density at radius 1 is 0.911 bits per heavy atom. The molecule has 0 radical (unpaired) electrons. The Labute approximate surface area is 262 Å². The number of nitrogens with zero attached hydrogens (tertiary/aromatic N) is 4. The van der Waals surface area contributed by atoms with Crippen LogP contribution in [0.15, 0.2) is 95.9 Å². The van der Waals surface area contributed by atoms with Crippen molar-refractivity contribution in [3.05, 3.63) is 114 Å². The van der Waals surface area contributed by atoms with E-state index in [2.05, 4.69) is 15.3 Å². The summed E-state index contributed by atoms with van der Waals surface area (Å²) in [7, 11) is 1.58. The third-order valence-electron chi connectivity index (χ3n) is 7.26. The molecule has 0 aliphatic carbocycles. The van der Waals surface area contributed by atoms with Gasteiger partial charge in [-0.2, -0.15) is 4.98 Å². The van der Waals surface area contributed by atoms with E-state index in [4.69, 9.17) is 9.15 Å². The molecule has 1 atom stereocenters. The first-order valence-electron chi connectivity index (χ1n) is 14.8. The molecule has 0 aliphatic rings. The number of benzene rings is 2. The molecule has 4 aromatic rings. The molecule has 11 heteroatoms. The number of pyridine rings is 1. The topological polar surface area (TPSA) is 135 Å². The van der Waals surface area contributed by atoms with Crippen LogP contribution in [0, 0.1) is 0 Å². The fourth-order valence-corrected chi connectivity index (χ4v) is 4.55. The first-order chi connectivity index (χ1) is 21.8. The van der Waals surface area contributed by atoms with Crippen molar-refractivity contribution in [1.29, 1.82) is 0 Å². The van der Waals surface area contributed by atoms with Crippen LogP contribution >= 0.6 is 0 Å². The number of amides is 4. The zero-order valence-electron chi connectivity index (χ0n) is 25.4. The summed E-state index contributed by atoms with van der Waals surface area (Å²) in [6.07, 6.45) is 5.23. The number of nitrogens with one attached hydrogen (secondary N) is 1. The van der Waals surface area contributed by atoms with Crippen molar-refractivity contribution in [2.75, 3.05) is 25.0 Å². The summed E-state index contributed by atoms with van der Waals surface area (Å²) in [5, 5.41) is 2.68. The predicted molar refractivity (Wildman–Crippen MR) is 167 cm³/mol. The van der Waals surface area contributed by atoms with Crippen molar-refractivity contribution >= 4 is 29.5 Å². The van der Waals surface area contributed by atoms with Crippen molar-refractivity contribution in [3.8, 4) is 0 Å². The third-order valence-corrected chi connectivity index (χ3v) is 7.26. The highest BCUT2D eigenvalue weighted by Crippen LogP contribution is 2.21. The van der Waals surface area contributed by atoms with Crippen LogP contribution in [-0.2, 0) is 16.1 Å². The van der Waals surface area contributed by atoms with Gasteiger partial charge in [0.05, 0.1) is 0 Å². The lowest BCUT2D eigenvalue weighted by Gasteiger charge is -2.22. The summed E-state index contributed by atoms with van der Waals surface area (Å²) >= 11 is 0. The predicted octanol–water partition coefficient (Wildman–Crippen LogP) is 5.61. The summed E-state index contributed by atoms with van der Waals surface area (Å²) < 4.78 is 10.6. The number of carbonyl (C=O) groups is 4. The van der Waals surface area contributed by atoms with E-state index in [1.54, 1.807) is 31.6 Å². The van der Waals surface area contributed by atoms with Gasteiger partial charge in [-0.05, 0) is 48.4 Å². The molecule has 0 fully saturated rings. The number of oxazole rings is 1. The molecule has 234 valence electrons. The fraction of sp³-hybridized carbons (Fsp3) is 0.294. The van der Waals surface area contributed by atoms with Gasteiger partial charge < -0.3 is 19.4 Å². The van der Waals surface area contributed by atoms with Gasteiger partial charge >= 0.3 is 12.0 Å². The van der Waals surface area contributed by atoms with Crippen molar-refractivity contribution in [2.24, 2.45) is 0 Å². The fourth-order valence-electron chi connectivity index (χ4n) is 4.55. The van der Waals surface area contributed by atoms with Gasteiger partial charge in [-0.1, -0.05) is 67.6 Å². The molecule has 11 nitrogen and oxygen atoms in total. The maximum Gasteiger partial charge on any atom is 0.407 e. The number of aromatic nitrogens is 2. The number of unbranched alkanes of at least 4 members (excludes halogenated alkanes) is 1. The molecule has 0 aliphatic heterocycles. The third kappa shape index (κ3) is 9.59. The van der Waals surface area contributed by atoms with Gasteiger partial charge in [0.1, 0.15) is 12.9 Å². The highest BCUT2D eigenvalue weighted by atomic mass is 16.5. The van der Waals surface area contributed by atoms with E-state index in [1.807, 2.05) is 67.6 Å². The van der Waals surface area contributed by atoms with Crippen LogP contribution in [0.25, 0.3) is 0 Å². The van der Waals surface area contributed by atoms with Crippen LogP contribution < -0.4 is 10.2 Å². The van der Waals surface area contributed by atoms with E-state index < -0.39 is 23.8 Å². The Kier molecular flexibility index (Phi) is 12.0. The van der Waals surface area contributed by atoms with Gasteiger partial charge in [-0.3, -0.25) is 24.3 Å². The van der Waals surface area contributed by atoms with Gasteiger partial charge in [-0.15, -0.1) is 0 Å². The second-order valence-corrected chi connectivity index (χ2v) is 10.5. The van der Waals surface area contributed by atoms with E-state index >= 15 is 0 Å². The number of ether oxygens (including phenoxy) is 1. The standard InChI is InChI=1S/C34H37N5O6/c1-25(27-13-7-4-8-14-27)18-22-39(30(40)15-9-10-19-36-34(43)45-23-26-11-5-3-6-12-26)33(42)31-37-29(24-44-31)32(41)38(2)28-16-20-35-21-17-28/h3-8,11-14,16-17,20-21,24-25H,9-10,15,18-19,22-23H2,1-2H3,(H,36,43).